The molecule has 0 saturated heterocycles. The van der Waals surface area contributed by atoms with Gasteiger partial charge in [-0.15, -0.1) is 0 Å². The predicted octanol–water partition coefficient (Wildman–Crippen LogP) is 1.64. The molecule has 0 atom stereocenters. The summed E-state index contributed by atoms with van der Waals surface area (Å²) >= 11 is 0. The first-order valence-corrected chi connectivity index (χ1v) is 4.35. The Balaban J connectivity index is 2.98. The third-order valence-electron chi connectivity index (χ3n) is 2.19. The van der Waals surface area contributed by atoms with Crippen LogP contribution in [0.5, 0.6) is 0 Å². The van der Waals surface area contributed by atoms with Crippen LogP contribution in [0, 0.1) is 17.5 Å². The normalized spacial score (nSPS) is 10.8. The van der Waals surface area contributed by atoms with Crippen LogP contribution in [-0.2, 0) is 0 Å². The fraction of sp³-hybridized carbons (Fsp3) is 0. The fourth-order valence-electron chi connectivity index (χ4n) is 1.41. The number of hydrogen-bond donors (Lipinski definition) is 2. The standard InChI is InChI=1S/C10H4F3NO3/c11-4-1-3-6(15)2-5(10(16)17)14-9(3)8(13)7(4)12/h1-2H,(H,14,15)(H,16,17). The number of aromatic carboxylic acids is 1. The highest BCUT2D eigenvalue weighted by Gasteiger charge is 2.17. The summed E-state index contributed by atoms with van der Waals surface area (Å²) in [7, 11) is 0. The highest BCUT2D eigenvalue weighted by Crippen LogP contribution is 2.19. The van der Waals surface area contributed by atoms with E-state index < -0.39 is 45.4 Å². The summed E-state index contributed by atoms with van der Waals surface area (Å²) < 4.78 is 39.1. The van der Waals surface area contributed by atoms with Gasteiger partial charge in [0.15, 0.2) is 22.9 Å². The number of fused-ring (bicyclic) bond motifs is 1. The van der Waals surface area contributed by atoms with E-state index in [-0.39, 0.29) is 0 Å². The molecule has 2 aromatic rings. The lowest BCUT2D eigenvalue weighted by Crippen LogP contribution is -2.11. The minimum atomic E-state index is -1.77. The van der Waals surface area contributed by atoms with E-state index in [4.69, 9.17) is 5.11 Å². The monoisotopic (exact) mass is 243 g/mol. The topological polar surface area (TPSA) is 70.2 Å². The van der Waals surface area contributed by atoms with E-state index in [1.807, 2.05) is 4.98 Å². The number of aromatic nitrogens is 1. The third-order valence-corrected chi connectivity index (χ3v) is 2.19. The molecule has 0 aliphatic carbocycles. The second kappa shape index (κ2) is 3.62. The van der Waals surface area contributed by atoms with E-state index in [9.17, 15) is 22.8 Å². The Morgan fingerprint density at radius 2 is 1.82 bits per heavy atom. The number of benzene rings is 1. The zero-order valence-electron chi connectivity index (χ0n) is 8.05. The van der Waals surface area contributed by atoms with Gasteiger partial charge in [0.2, 0.25) is 0 Å². The zero-order chi connectivity index (χ0) is 12.7. The molecule has 7 heteroatoms. The van der Waals surface area contributed by atoms with Gasteiger partial charge in [-0.2, -0.15) is 0 Å². The molecule has 4 nitrogen and oxygen atoms in total. The summed E-state index contributed by atoms with van der Waals surface area (Å²) in [6.45, 7) is 0. The molecule has 1 heterocycles. The van der Waals surface area contributed by atoms with Crippen LogP contribution >= 0.6 is 0 Å². The number of carboxylic acid groups (broad SMARTS) is 1. The van der Waals surface area contributed by atoms with Crippen molar-refractivity contribution in [2.24, 2.45) is 0 Å². The van der Waals surface area contributed by atoms with Crippen molar-refractivity contribution in [2.75, 3.05) is 0 Å². The lowest BCUT2D eigenvalue weighted by molar-refractivity contribution is 0.0691. The summed E-state index contributed by atoms with van der Waals surface area (Å²) in [4.78, 5) is 24.0. The maximum atomic E-state index is 13.3. The molecule has 2 N–H and O–H groups in total. The molecule has 1 aromatic heterocycles. The summed E-state index contributed by atoms with van der Waals surface area (Å²) in [5.74, 6) is -6.41. The minimum Gasteiger partial charge on any atom is -0.477 e. The van der Waals surface area contributed by atoms with Gasteiger partial charge in [-0.1, -0.05) is 0 Å². The molecule has 0 bridgehead atoms. The van der Waals surface area contributed by atoms with Gasteiger partial charge in [-0.25, -0.2) is 18.0 Å². The zero-order valence-corrected chi connectivity index (χ0v) is 8.05. The van der Waals surface area contributed by atoms with E-state index in [0.717, 1.165) is 0 Å². The van der Waals surface area contributed by atoms with Gasteiger partial charge in [-0.3, -0.25) is 4.79 Å². The first kappa shape index (κ1) is 11.2. The summed E-state index contributed by atoms with van der Waals surface area (Å²) in [5.41, 5.74) is -2.19. The van der Waals surface area contributed by atoms with Gasteiger partial charge in [0.1, 0.15) is 5.69 Å². The largest absolute Gasteiger partial charge is 0.477 e. The molecule has 2 rings (SSSR count). The highest BCUT2D eigenvalue weighted by molar-refractivity contribution is 5.89. The maximum absolute atomic E-state index is 13.3. The van der Waals surface area contributed by atoms with E-state index in [1.54, 1.807) is 0 Å². The van der Waals surface area contributed by atoms with Gasteiger partial charge in [0, 0.05) is 6.07 Å². The maximum Gasteiger partial charge on any atom is 0.352 e. The van der Waals surface area contributed by atoms with Crippen LogP contribution in [0.3, 0.4) is 0 Å². The van der Waals surface area contributed by atoms with Gasteiger partial charge < -0.3 is 10.1 Å². The number of halogens is 3. The second-order valence-electron chi connectivity index (χ2n) is 3.26. The van der Waals surface area contributed by atoms with Crippen molar-refractivity contribution in [1.82, 2.24) is 4.98 Å². The number of pyridine rings is 1. The number of rotatable bonds is 1. The Morgan fingerprint density at radius 3 is 2.41 bits per heavy atom. The van der Waals surface area contributed by atoms with Gasteiger partial charge in [0.05, 0.1) is 10.9 Å². The molecule has 0 radical (unpaired) electrons. The van der Waals surface area contributed by atoms with Crippen LogP contribution in [0.1, 0.15) is 10.5 Å². The molecule has 0 spiro atoms. The quantitative estimate of drug-likeness (QED) is 0.748. The van der Waals surface area contributed by atoms with Gasteiger partial charge in [0.25, 0.3) is 0 Å². The molecule has 17 heavy (non-hydrogen) atoms. The van der Waals surface area contributed by atoms with Gasteiger partial charge >= 0.3 is 5.97 Å². The van der Waals surface area contributed by atoms with Crippen LogP contribution in [0.4, 0.5) is 13.2 Å². The van der Waals surface area contributed by atoms with E-state index in [0.29, 0.717) is 12.1 Å². The van der Waals surface area contributed by atoms with E-state index in [2.05, 4.69) is 0 Å². The average Bonchev–Trinajstić information content (AvgIpc) is 2.27. The van der Waals surface area contributed by atoms with Crippen molar-refractivity contribution in [1.29, 1.82) is 0 Å². The molecule has 88 valence electrons. The Hall–Kier alpha value is -2.31. The Bertz CT molecular complexity index is 693. The Morgan fingerprint density at radius 1 is 1.18 bits per heavy atom. The number of carboxylic acids is 1. The van der Waals surface area contributed by atoms with Crippen LogP contribution in [0.15, 0.2) is 16.9 Å². The van der Waals surface area contributed by atoms with Crippen molar-refractivity contribution in [3.05, 3.63) is 45.5 Å². The molecule has 0 unspecified atom stereocenters. The lowest BCUT2D eigenvalue weighted by Gasteiger charge is -2.03. The van der Waals surface area contributed by atoms with E-state index >= 15 is 0 Å². The number of carbonyl (C=O) groups is 1. The molecule has 0 aliphatic rings. The minimum absolute atomic E-state index is 0.452. The summed E-state index contributed by atoms with van der Waals surface area (Å²) in [6, 6.07) is 1.18. The van der Waals surface area contributed by atoms with Crippen molar-refractivity contribution in [3.8, 4) is 0 Å². The van der Waals surface area contributed by atoms with Crippen LogP contribution in [0.25, 0.3) is 10.9 Å². The van der Waals surface area contributed by atoms with Crippen LogP contribution < -0.4 is 5.43 Å². The highest BCUT2D eigenvalue weighted by atomic mass is 19.2. The molecule has 1 aromatic carbocycles. The summed E-state index contributed by atoms with van der Waals surface area (Å²) in [5, 5.41) is 8.17. The first-order valence-electron chi connectivity index (χ1n) is 4.35. The lowest BCUT2D eigenvalue weighted by atomic mass is 10.1. The molecule has 0 aliphatic heterocycles. The fourth-order valence-corrected chi connectivity index (χ4v) is 1.41. The number of hydrogen-bond acceptors (Lipinski definition) is 2. The third kappa shape index (κ3) is 1.65. The molecule has 0 saturated carbocycles. The first-order chi connectivity index (χ1) is 7.91. The van der Waals surface area contributed by atoms with Crippen molar-refractivity contribution >= 4 is 16.9 Å². The summed E-state index contributed by atoms with van der Waals surface area (Å²) in [6.07, 6.45) is 0. The van der Waals surface area contributed by atoms with Crippen molar-refractivity contribution in [2.45, 2.75) is 0 Å². The number of H-pyrrole nitrogens is 1. The van der Waals surface area contributed by atoms with Crippen molar-refractivity contribution in [3.63, 3.8) is 0 Å². The second-order valence-corrected chi connectivity index (χ2v) is 3.26. The molecule has 0 amide bonds. The average molecular weight is 243 g/mol. The predicted molar refractivity (Wildman–Crippen MR) is 51.4 cm³/mol. The Labute approximate surface area is 91.3 Å². The molecular formula is C10H4F3NO3. The van der Waals surface area contributed by atoms with Crippen molar-refractivity contribution < 1.29 is 23.1 Å². The van der Waals surface area contributed by atoms with Crippen LogP contribution in [-0.4, -0.2) is 16.1 Å². The van der Waals surface area contributed by atoms with E-state index in [1.165, 1.54) is 0 Å². The SMILES string of the molecule is O=C(O)c1cc(=O)c2cc(F)c(F)c(F)c2[nH]1. The number of aromatic amines is 1. The van der Waals surface area contributed by atoms with Crippen LogP contribution in [0.2, 0.25) is 0 Å². The molecule has 0 fully saturated rings. The smallest absolute Gasteiger partial charge is 0.352 e. The van der Waals surface area contributed by atoms with Gasteiger partial charge in [-0.05, 0) is 6.07 Å². The number of nitrogens with one attached hydrogen (secondary N) is 1. The Kier molecular flexibility index (Phi) is 2.38. The molecular weight excluding hydrogens is 239 g/mol.